The summed E-state index contributed by atoms with van der Waals surface area (Å²) in [6, 6.07) is 7.68. The number of rotatable bonds is 5. The Kier molecular flexibility index (Phi) is 8.71. The van der Waals surface area contributed by atoms with Crippen LogP contribution in [0.4, 0.5) is 0 Å². The molecule has 25 heavy (non-hydrogen) atoms. The lowest BCUT2D eigenvalue weighted by molar-refractivity contribution is 0.379. The standard InChI is InChI=1S/C18H25ClN4O.HI/c1-5-20-17(22-10-13-6-8-14(19)9-7-13)23-12-16-21-11-15(24-16)18(2,3)4;/h6-9,11H,5,10,12H2,1-4H3,(H2,20,22,23);1H. The van der Waals surface area contributed by atoms with E-state index in [0.29, 0.717) is 19.0 Å². The summed E-state index contributed by atoms with van der Waals surface area (Å²) >= 11 is 5.90. The maximum atomic E-state index is 5.90. The van der Waals surface area contributed by atoms with Gasteiger partial charge in [-0.2, -0.15) is 0 Å². The van der Waals surface area contributed by atoms with E-state index in [1.165, 1.54) is 0 Å². The average molecular weight is 477 g/mol. The highest BCUT2D eigenvalue weighted by molar-refractivity contribution is 14.0. The lowest BCUT2D eigenvalue weighted by Gasteiger charge is -2.13. The number of nitrogens with one attached hydrogen (secondary N) is 2. The molecule has 0 aliphatic carbocycles. The lowest BCUT2D eigenvalue weighted by atomic mass is 9.94. The van der Waals surface area contributed by atoms with Gasteiger partial charge >= 0.3 is 0 Å². The minimum atomic E-state index is -0.0432. The van der Waals surface area contributed by atoms with Crippen LogP contribution in [-0.2, 0) is 18.5 Å². The second kappa shape index (κ2) is 10.0. The van der Waals surface area contributed by atoms with E-state index in [1.807, 2.05) is 31.2 Å². The Hall–Kier alpha value is -1.28. The first kappa shape index (κ1) is 21.8. The SMILES string of the molecule is CCNC(=NCc1ccc(Cl)cc1)NCc1ncc(C(C)(C)C)o1.I. The highest BCUT2D eigenvalue weighted by atomic mass is 127. The van der Waals surface area contributed by atoms with E-state index in [4.69, 9.17) is 16.0 Å². The topological polar surface area (TPSA) is 62.5 Å². The van der Waals surface area contributed by atoms with Crippen molar-refractivity contribution in [3.05, 3.63) is 52.7 Å². The number of oxazole rings is 1. The van der Waals surface area contributed by atoms with Gasteiger partial charge in [0.15, 0.2) is 5.96 Å². The molecule has 0 saturated heterocycles. The zero-order chi connectivity index (χ0) is 17.6. The van der Waals surface area contributed by atoms with Gasteiger partial charge in [-0.05, 0) is 24.6 Å². The number of hydrogen-bond acceptors (Lipinski definition) is 3. The highest BCUT2D eigenvalue weighted by Crippen LogP contribution is 2.22. The molecule has 0 aliphatic heterocycles. The van der Waals surface area contributed by atoms with Crippen LogP contribution in [0.25, 0.3) is 0 Å². The molecule has 2 rings (SSSR count). The van der Waals surface area contributed by atoms with Gasteiger partial charge in [0.2, 0.25) is 5.89 Å². The fraction of sp³-hybridized carbons (Fsp3) is 0.444. The van der Waals surface area contributed by atoms with Crippen molar-refractivity contribution in [2.75, 3.05) is 6.54 Å². The summed E-state index contributed by atoms with van der Waals surface area (Å²) in [6.07, 6.45) is 1.79. The first-order valence-electron chi connectivity index (χ1n) is 8.10. The summed E-state index contributed by atoms with van der Waals surface area (Å²) < 4.78 is 5.78. The number of hydrogen-bond donors (Lipinski definition) is 2. The van der Waals surface area contributed by atoms with Gasteiger partial charge in [0.25, 0.3) is 0 Å². The van der Waals surface area contributed by atoms with Crippen molar-refractivity contribution < 1.29 is 4.42 Å². The smallest absolute Gasteiger partial charge is 0.213 e. The van der Waals surface area contributed by atoms with Crippen LogP contribution in [0.3, 0.4) is 0 Å². The monoisotopic (exact) mass is 476 g/mol. The van der Waals surface area contributed by atoms with Crippen LogP contribution in [0.5, 0.6) is 0 Å². The second-order valence-electron chi connectivity index (χ2n) is 6.54. The molecular formula is C18H26ClIN4O. The molecule has 0 unspecified atom stereocenters. The quantitative estimate of drug-likeness (QED) is 0.379. The predicted octanol–water partition coefficient (Wildman–Crippen LogP) is 4.50. The van der Waals surface area contributed by atoms with Crippen molar-refractivity contribution in [2.45, 2.75) is 46.2 Å². The van der Waals surface area contributed by atoms with Crippen LogP contribution in [0.2, 0.25) is 5.02 Å². The van der Waals surface area contributed by atoms with Gasteiger partial charge in [-0.25, -0.2) is 9.98 Å². The van der Waals surface area contributed by atoms with Crippen LogP contribution in [0.15, 0.2) is 39.9 Å². The predicted molar refractivity (Wildman–Crippen MR) is 114 cm³/mol. The Morgan fingerprint density at radius 2 is 1.88 bits per heavy atom. The molecule has 138 valence electrons. The molecule has 0 saturated carbocycles. The molecule has 0 amide bonds. The maximum absolute atomic E-state index is 5.90. The van der Waals surface area contributed by atoms with E-state index in [0.717, 1.165) is 28.9 Å². The molecule has 1 aromatic heterocycles. The fourth-order valence-electron chi connectivity index (χ4n) is 2.00. The van der Waals surface area contributed by atoms with Gasteiger partial charge in [0, 0.05) is 17.0 Å². The number of aromatic nitrogens is 1. The first-order valence-corrected chi connectivity index (χ1v) is 8.48. The van der Waals surface area contributed by atoms with Crippen molar-refractivity contribution in [2.24, 2.45) is 4.99 Å². The van der Waals surface area contributed by atoms with Gasteiger partial charge < -0.3 is 15.1 Å². The van der Waals surface area contributed by atoms with Crippen LogP contribution in [-0.4, -0.2) is 17.5 Å². The number of halogens is 2. The third kappa shape index (κ3) is 7.23. The largest absolute Gasteiger partial charge is 0.443 e. The van der Waals surface area contributed by atoms with Gasteiger partial charge in [0.05, 0.1) is 19.3 Å². The molecule has 2 N–H and O–H groups in total. The zero-order valence-electron chi connectivity index (χ0n) is 15.1. The Morgan fingerprint density at radius 3 is 2.44 bits per heavy atom. The fourth-order valence-corrected chi connectivity index (χ4v) is 2.13. The Labute approximate surface area is 171 Å². The average Bonchev–Trinajstić information content (AvgIpc) is 3.01. The van der Waals surface area contributed by atoms with Crippen molar-refractivity contribution in [1.82, 2.24) is 15.6 Å². The highest BCUT2D eigenvalue weighted by Gasteiger charge is 2.19. The van der Waals surface area contributed by atoms with Crippen LogP contribution in [0.1, 0.15) is 44.9 Å². The van der Waals surface area contributed by atoms with Gasteiger partial charge in [-0.15, -0.1) is 24.0 Å². The molecule has 0 bridgehead atoms. The Bertz CT molecular complexity index is 677. The van der Waals surface area contributed by atoms with Crippen LogP contribution >= 0.6 is 35.6 Å². The third-order valence-electron chi connectivity index (χ3n) is 3.38. The first-order chi connectivity index (χ1) is 11.4. The van der Waals surface area contributed by atoms with Crippen LogP contribution in [0, 0.1) is 0 Å². The van der Waals surface area contributed by atoms with Gasteiger partial charge in [-0.1, -0.05) is 44.5 Å². The third-order valence-corrected chi connectivity index (χ3v) is 3.63. The molecule has 7 heteroatoms. The molecule has 2 aromatic rings. The molecule has 0 aliphatic rings. The summed E-state index contributed by atoms with van der Waals surface area (Å²) in [5.41, 5.74) is 1.06. The summed E-state index contributed by atoms with van der Waals surface area (Å²) in [4.78, 5) is 8.88. The summed E-state index contributed by atoms with van der Waals surface area (Å²) in [7, 11) is 0. The Morgan fingerprint density at radius 1 is 1.20 bits per heavy atom. The zero-order valence-corrected chi connectivity index (χ0v) is 18.2. The van der Waals surface area contributed by atoms with E-state index >= 15 is 0 Å². The van der Waals surface area contributed by atoms with Crippen molar-refractivity contribution >= 4 is 41.5 Å². The summed E-state index contributed by atoms with van der Waals surface area (Å²) in [6.45, 7) is 10.2. The minimum Gasteiger partial charge on any atom is -0.443 e. The number of nitrogens with zero attached hydrogens (tertiary/aromatic N) is 2. The van der Waals surface area contributed by atoms with Crippen molar-refractivity contribution in [3.8, 4) is 0 Å². The summed E-state index contributed by atoms with van der Waals surface area (Å²) in [5.74, 6) is 2.25. The Balaban J connectivity index is 0.00000312. The molecule has 0 spiro atoms. The van der Waals surface area contributed by atoms with E-state index in [9.17, 15) is 0 Å². The number of guanidine groups is 1. The molecular weight excluding hydrogens is 451 g/mol. The van der Waals surface area contributed by atoms with Crippen molar-refractivity contribution in [1.29, 1.82) is 0 Å². The lowest BCUT2D eigenvalue weighted by Crippen LogP contribution is -2.36. The molecule has 1 aromatic carbocycles. The normalized spacial score (nSPS) is 11.8. The summed E-state index contributed by atoms with van der Waals surface area (Å²) in [5, 5.41) is 7.18. The molecule has 0 fully saturated rings. The van der Waals surface area contributed by atoms with E-state index < -0.39 is 0 Å². The molecule has 1 heterocycles. The second-order valence-corrected chi connectivity index (χ2v) is 6.98. The van der Waals surface area contributed by atoms with E-state index in [1.54, 1.807) is 6.20 Å². The van der Waals surface area contributed by atoms with Crippen molar-refractivity contribution in [3.63, 3.8) is 0 Å². The number of benzene rings is 1. The maximum Gasteiger partial charge on any atom is 0.213 e. The van der Waals surface area contributed by atoms with Gasteiger partial charge in [0.1, 0.15) is 5.76 Å². The molecule has 0 radical (unpaired) electrons. The molecule has 5 nitrogen and oxygen atoms in total. The van der Waals surface area contributed by atoms with E-state index in [-0.39, 0.29) is 29.4 Å². The molecule has 0 atom stereocenters. The van der Waals surface area contributed by atoms with Crippen LogP contribution < -0.4 is 10.6 Å². The minimum absolute atomic E-state index is 0. The number of aliphatic imine (C=N–C) groups is 1. The van der Waals surface area contributed by atoms with Gasteiger partial charge in [-0.3, -0.25) is 0 Å². The van der Waals surface area contributed by atoms with E-state index in [2.05, 4.69) is 41.4 Å².